The molecule has 7 heteroatoms. The zero-order valence-electron chi connectivity index (χ0n) is 13.0. The van der Waals surface area contributed by atoms with Gasteiger partial charge < -0.3 is 14.6 Å². The van der Waals surface area contributed by atoms with Crippen LogP contribution in [0, 0.1) is 6.92 Å². The van der Waals surface area contributed by atoms with Crippen molar-refractivity contribution in [2.24, 2.45) is 0 Å². The normalized spacial score (nSPS) is 11.6. The van der Waals surface area contributed by atoms with Gasteiger partial charge in [-0.15, -0.1) is 0 Å². The van der Waals surface area contributed by atoms with E-state index in [1.165, 1.54) is 19.9 Å². The van der Waals surface area contributed by atoms with E-state index in [1.807, 2.05) is 0 Å². The molecule has 7 nitrogen and oxygen atoms in total. The number of Topliss-reactive ketones (excluding diaryl/α,β-unsaturated/α-hetero) is 1. The molecule has 120 valence electrons. The molecule has 0 fully saturated rings. The maximum atomic E-state index is 12.0. The van der Waals surface area contributed by atoms with Crippen molar-refractivity contribution in [3.63, 3.8) is 0 Å². The van der Waals surface area contributed by atoms with Crippen LogP contribution >= 0.6 is 0 Å². The van der Waals surface area contributed by atoms with Crippen LogP contribution in [-0.2, 0) is 9.53 Å². The first-order valence-corrected chi connectivity index (χ1v) is 6.93. The van der Waals surface area contributed by atoms with Crippen LogP contribution in [0.4, 0.5) is 5.69 Å². The lowest BCUT2D eigenvalue weighted by Crippen LogP contribution is -2.29. The van der Waals surface area contributed by atoms with E-state index in [2.05, 4.69) is 10.5 Å². The number of esters is 1. The summed E-state index contributed by atoms with van der Waals surface area (Å²) < 4.78 is 9.78. The predicted octanol–water partition coefficient (Wildman–Crippen LogP) is 2.37. The topological polar surface area (TPSA) is 98.5 Å². The number of nitrogens with zero attached hydrogens (tertiary/aromatic N) is 1. The third kappa shape index (κ3) is 4.26. The number of amides is 1. The summed E-state index contributed by atoms with van der Waals surface area (Å²) in [7, 11) is 0. The summed E-state index contributed by atoms with van der Waals surface area (Å²) in [5, 5.41) is 6.17. The number of ketones is 1. The Morgan fingerprint density at radius 1 is 1.22 bits per heavy atom. The third-order valence-electron chi connectivity index (χ3n) is 3.04. The molecule has 0 aliphatic rings. The molecule has 1 aromatic carbocycles. The summed E-state index contributed by atoms with van der Waals surface area (Å²) in [4.78, 5) is 35.0. The van der Waals surface area contributed by atoms with Gasteiger partial charge in [0.25, 0.3) is 5.91 Å². The fourth-order valence-corrected chi connectivity index (χ4v) is 1.76. The molecule has 0 aliphatic heterocycles. The lowest BCUT2D eigenvalue weighted by Gasteiger charge is -2.12. The number of nitrogens with one attached hydrogen (secondary N) is 1. The highest BCUT2D eigenvalue weighted by atomic mass is 16.6. The van der Waals surface area contributed by atoms with Crippen molar-refractivity contribution in [2.45, 2.75) is 26.9 Å². The Morgan fingerprint density at radius 3 is 2.39 bits per heavy atom. The predicted molar refractivity (Wildman–Crippen MR) is 81.2 cm³/mol. The highest BCUT2D eigenvalue weighted by molar-refractivity contribution is 5.98. The standard InChI is InChI=1S/C16H16N2O5/c1-9-8-14(23-18-9)16(21)22-11(3)15(20)17-13-6-4-12(5-7-13)10(2)19/h4-8,11H,1-3H3,(H,17,20)/t11-/m0/s1. The Labute approximate surface area is 132 Å². The van der Waals surface area contributed by atoms with Crippen LogP contribution in [0.15, 0.2) is 34.9 Å². The Balaban J connectivity index is 1.94. The summed E-state index contributed by atoms with van der Waals surface area (Å²) in [6, 6.07) is 7.83. The summed E-state index contributed by atoms with van der Waals surface area (Å²) >= 11 is 0. The molecule has 1 amide bonds. The Hall–Kier alpha value is -2.96. The van der Waals surface area contributed by atoms with E-state index in [-0.39, 0.29) is 11.5 Å². The molecule has 0 saturated heterocycles. The fraction of sp³-hybridized carbons (Fsp3) is 0.250. The van der Waals surface area contributed by atoms with Gasteiger partial charge in [-0.3, -0.25) is 9.59 Å². The van der Waals surface area contributed by atoms with Crippen LogP contribution in [0.1, 0.15) is 40.5 Å². The first-order chi connectivity index (χ1) is 10.9. The molecule has 2 aromatic rings. The second kappa shape index (κ2) is 6.87. The van der Waals surface area contributed by atoms with E-state index in [0.29, 0.717) is 16.9 Å². The van der Waals surface area contributed by atoms with Crippen molar-refractivity contribution in [1.82, 2.24) is 5.16 Å². The molecule has 0 aliphatic carbocycles. The SMILES string of the molecule is CC(=O)c1ccc(NC(=O)[C@H](C)OC(=O)c2cc(C)no2)cc1. The van der Waals surface area contributed by atoms with E-state index in [1.54, 1.807) is 31.2 Å². The van der Waals surface area contributed by atoms with Gasteiger partial charge in [0.2, 0.25) is 5.76 Å². The molecule has 2 rings (SSSR count). The lowest BCUT2D eigenvalue weighted by atomic mass is 10.1. The van der Waals surface area contributed by atoms with Gasteiger partial charge in [-0.25, -0.2) is 4.79 Å². The van der Waals surface area contributed by atoms with E-state index < -0.39 is 18.0 Å². The highest BCUT2D eigenvalue weighted by Gasteiger charge is 2.21. The van der Waals surface area contributed by atoms with Crippen LogP contribution in [0.25, 0.3) is 0 Å². The number of benzene rings is 1. The summed E-state index contributed by atoms with van der Waals surface area (Å²) in [5.74, 6) is -1.38. The molecule has 1 atom stereocenters. The van der Waals surface area contributed by atoms with Gasteiger partial charge in [-0.1, -0.05) is 5.16 Å². The summed E-state index contributed by atoms with van der Waals surface area (Å²) in [6.45, 7) is 4.57. The number of aryl methyl sites for hydroxylation is 1. The second-order valence-electron chi connectivity index (χ2n) is 5.00. The maximum absolute atomic E-state index is 12.0. The van der Waals surface area contributed by atoms with Gasteiger partial charge in [0.15, 0.2) is 11.9 Å². The molecular formula is C16H16N2O5. The molecular weight excluding hydrogens is 300 g/mol. The van der Waals surface area contributed by atoms with Gasteiger partial charge in [-0.2, -0.15) is 0 Å². The molecule has 1 aromatic heterocycles. The summed E-state index contributed by atoms with van der Waals surface area (Å²) in [6.07, 6.45) is -1.01. The molecule has 0 spiro atoms. The number of carbonyl (C=O) groups excluding carboxylic acids is 3. The molecule has 0 unspecified atom stereocenters. The van der Waals surface area contributed by atoms with Crippen LogP contribution < -0.4 is 5.32 Å². The largest absolute Gasteiger partial charge is 0.447 e. The smallest absolute Gasteiger partial charge is 0.377 e. The monoisotopic (exact) mass is 316 g/mol. The minimum atomic E-state index is -1.01. The number of anilines is 1. The molecule has 23 heavy (non-hydrogen) atoms. The van der Waals surface area contributed by atoms with Gasteiger partial charge in [0.1, 0.15) is 0 Å². The molecule has 1 heterocycles. The van der Waals surface area contributed by atoms with E-state index in [4.69, 9.17) is 9.26 Å². The van der Waals surface area contributed by atoms with Crippen LogP contribution in [-0.4, -0.2) is 28.9 Å². The number of ether oxygens (including phenoxy) is 1. The summed E-state index contributed by atoms with van der Waals surface area (Å²) in [5.41, 5.74) is 1.58. The quantitative estimate of drug-likeness (QED) is 0.671. The van der Waals surface area contributed by atoms with E-state index in [0.717, 1.165) is 0 Å². The van der Waals surface area contributed by atoms with Crippen LogP contribution in [0.2, 0.25) is 0 Å². The average Bonchev–Trinajstić information content (AvgIpc) is 2.94. The highest BCUT2D eigenvalue weighted by Crippen LogP contribution is 2.12. The molecule has 0 saturated carbocycles. The first-order valence-electron chi connectivity index (χ1n) is 6.93. The Morgan fingerprint density at radius 2 is 1.87 bits per heavy atom. The van der Waals surface area contributed by atoms with Crippen molar-refractivity contribution >= 4 is 23.3 Å². The molecule has 1 N–H and O–H groups in total. The van der Waals surface area contributed by atoms with Crippen molar-refractivity contribution in [3.05, 3.63) is 47.3 Å². The first kappa shape index (κ1) is 16.4. The number of rotatable bonds is 5. The fourth-order valence-electron chi connectivity index (χ4n) is 1.76. The van der Waals surface area contributed by atoms with Gasteiger partial charge >= 0.3 is 5.97 Å². The van der Waals surface area contributed by atoms with Crippen molar-refractivity contribution in [1.29, 1.82) is 0 Å². The number of hydrogen-bond acceptors (Lipinski definition) is 6. The Kier molecular flexibility index (Phi) is 4.90. The van der Waals surface area contributed by atoms with Crippen molar-refractivity contribution < 1.29 is 23.6 Å². The van der Waals surface area contributed by atoms with Crippen LogP contribution in [0.3, 0.4) is 0 Å². The lowest BCUT2D eigenvalue weighted by molar-refractivity contribution is -0.123. The van der Waals surface area contributed by atoms with Crippen LogP contribution in [0.5, 0.6) is 0 Å². The minimum Gasteiger partial charge on any atom is -0.447 e. The van der Waals surface area contributed by atoms with Crippen molar-refractivity contribution in [3.8, 4) is 0 Å². The average molecular weight is 316 g/mol. The third-order valence-corrected chi connectivity index (χ3v) is 3.04. The molecule has 0 radical (unpaired) electrons. The van der Waals surface area contributed by atoms with E-state index in [9.17, 15) is 14.4 Å². The minimum absolute atomic E-state index is 0.0621. The van der Waals surface area contributed by atoms with Gasteiger partial charge in [0.05, 0.1) is 5.69 Å². The maximum Gasteiger partial charge on any atom is 0.377 e. The van der Waals surface area contributed by atoms with E-state index >= 15 is 0 Å². The van der Waals surface area contributed by atoms with Crippen molar-refractivity contribution in [2.75, 3.05) is 5.32 Å². The van der Waals surface area contributed by atoms with Gasteiger partial charge in [0, 0.05) is 17.3 Å². The zero-order chi connectivity index (χ0) is 17.0. The van der Waals surface area contributed by atoms with Gasteiger partial charge in [-0.05, 0) is 45.0 Å². The Bertz CT molecular complexity index is 733. The number of aromatic nitrogens is 1. The molecule has 0 bridgehead atoms. The number of carbonyl (C=O) groups is 3. The second-order valence-corrected chi connectivity index (χ2v) is 5.00. The zero-order valence-corrected chi connectivity index (χ0v) is 13.0. The number of hydrogen-bond donors (Lipinski definition) is 1.